The van der Waals surface area contributed by atoms with E-state index in [-0.39, 0.29) is 11.9 Å². The average Bonchev–Trinajstić information content (AvgIpc) is 2.46. The highest BCUT2D eigenvalue weighted by Crippen LogP contribution is 2.26. The van der Waals surface area contributed by atoms with Crippen molar-refractivity contribution < 1.29 is 4.79 Å². The summed E-state index contributed by atoms with van der Waals surface area (Å²) in [5.41, 5.74) is 8.11. The van der Waals surface area contributed by atoms with Crippen LogP contribution in [0.5, 0.6) is 0 Å². The van der Waals surface area contributed by atoms with Gasteiger partial charge in [-0.1, -0.05) is 18.2 Å². The molecule has 4 nitrogen and oxygen atoms in total. The van der Waals surface area contributed by atoms with Crippen LogP contribution in [0.4, 0.5) is 5.69 Å². The second-order valence-corrected chi connectivity index (χ2v) is 5.11. The largest absolute Gasteiger partial charge is 0.372 e. The Kier molecular flexibility index (Phi) is 3.57. The first kappa shape index (κ1) is 12.9. The van der Waals surface area contributed by atoms with Gasteiger partial charge in [-0.2, -0.15) is 0 Å². The van der Waals surface area contributed by atoms with E-state index < -0.39 is 6.04 Å². The zero-order valence-corrected chi connectivity index (χ0v) is 11.3. The second-order valence-electron chi connectivity index (χ2n) is 5.11. The maximum Gasteiger partial charge on any atom is 0.239 e. The fraction of sp³-hybridized carbons (Fsp3) is 0.500. The Hall–Kier alpha value is -1.55. The lowest BCUT2D eigenvalue weighted by molar-refractivity contribution is -0.134. The van der Waals surface area contributed by atoms with E-state index in [9.17, 15) is 4.79 Å². The van der Waals surface area contributed by atoms with Gasteiger partial charge in [0.2, 0.25) is 5.91 Å². The monoisotopic (exact) mass is 247 g/mol. The van der Waals surface area contributed by atoms with Crippen LogP contribution >= 0.6 is 0 Å². The summed E-state index contributed by atoms with van der Waals surface area (Å²) < 4.78 is 0. The van der Waals surface area contributed by atoms with Crippen molar-refractivity contribution in [2.24, 2.45) is 5.73 Å². The van der Waals surface area contributed by atoms with Crippen molar-refractivity contribution in [3.63, 3.8) is 0 Å². The molecule has 98 valence electrons. The summed E-state index contributed by atoms with van der Waals surface area (Å²) in [6.45, 7) is 5.29. The lowest BCUT2D eigenvalue weighted by Gasteiger charge is -2.29. The van der Waals surface area contributed by atoms with Gasteiger partial charge in [0.25, 0.3) is 0 Å². The van der Waals surface area contributed by atoms with Crippen LogP contribution in [0.2, 0.25) is 0 Å². The molecule has 4 heteroatoms. The molecule has 0 unspecified atom stereocenters. The summed E-state index contributed by atoms with van der Waals surface area (Å²) in [4.78, 5) is 16.2. The van der Waals surface area contributed by atoms with Crippen LogP contribution in [0, 0.1) is 0 Å². The van der Waals surface area contributed by atoms with Crippen LogP contribution in [-0.4, -0.2) is 36.5 Å². The van der Waals surface area contributed by atoms with Gasteiger partial charge < -0.3 is 15.5 Å². The summed E-state index contributed by atoms with van der Waals surface area (Å²) in [6, 6.07) is 7.94. The molecular formula is C14H21N3O. The number of carbonyl (C=O) groups excluding carboxylic acids is 1. The minimum Gasteiger partial charge on any atom is -0.372 e. The number of hydrogen-bond acceptors (Lipinski definition) is 3. The number of anilines is 1. The molecule has 1 aromatic rings. The number of para-hydroxylation sites is 1. The number of likely N-dealkylation sites (N-methyl/N-ethyl adjacent to an activating group) is 1. The van der Waals surface area contributed by atoms with Crippen molar-refractivity contribution in [2.45, 2.75) is 32.5 Å². The van der Waals surface area contributed by atoms with Crippen molar-refractivity contribution >= 4 is 11.6 Å². The Morgan fingerprint density at radius 2 is 2.11 bits per heavy atom. The number of amides is 1. The Morgan fingerprint density at radius 3 is 2.78 bits per heavy atom. The quantitative estimate of drug-likeness (QED) is 0.811. The molecule has 0 spiro atoms. The number of hydrogen-bond donors (Lipinski definition) is 1. The summed E-state index contributed by atoms with van der Waals surface area (Å²) in [6.07, 6.45) is 0. The van der Waals surface area contributed by atoms with Gasteiger partial charge in [0.15, 0.2) is 0 Å². The van der Waals surface area contributed by atoms with E-state index in [2.05, 4.69) is 31.0 Å². The van der Waals surface area contributed by atoms with Crippen LogP contribution in [0.25, 0.3) is 0 Å². The first-order chi connectivity index (χ1) is 8.50. The summed E-state index contributed by atoms with van der Waals surface area (Å²) in [7, 11) is 2.06. The van der Waals surface area contributed by atoms with E-state index in [1.807, 2.05) is 17.0 Å². The molecule has 18 heavy (non-hydrogen) atoms. The van der Waals surface area contributed by atoms with E-state index >= 15 is 0 Å². The number of carbonyl (C=O) groups is 1. The minimum absolute atomic E-state index is 0.0209. The molecule has 0 aliphatic carbocycles. The fourth-order valence-electron chi connectivity index (χ4n) is 2.51. The van der Waals surface area contributed by atoms with Crippen LogP contribution in [0.3, 0.4) is 0 Å². The SMILES string of the molecule is C[C@H](N)C(=O)N1Cc2ccccc2N(C)C[C@@H]1C. The zero-order valence-electron chi connectivity index (χ0n) is 11.3. The van der Waals surface area contributed by atoms with Crippen LogP contribution < -0.4 is 10.6 Å². The molecule has 0 aromatic heterocycles. The maximum atomic E-state index is 12.2. The highest BCUT2D eigenvalue weighted by Gasteiger charge is 2.28. The van der Waals surface area contributed by atoms with E-state index in [1.54, 1.807) is 6.92 Å². The molecule has 1 aromatic carbocycles. The highest BCUT2D eigenvalue weighted by molar-refractivity contribution is 5.82. The molecule has 1 amide bonds. The molecule has 2 atom stereocenters. The number of rotatable bonds is 1. The van der Waals surface area contributed by atoms with Crippen LogP contribution in [0.1, 0.15) is 19.4 Å². The van der Waals surface area contributed by atoms with Crippen molar-refractivity contribution in [3.8, 4) is 0 Å². The van der Waals surface area contributed by atoms with E-state index in [4.69, 9.17) is 5.73 Å². The summed E-state index contributed by atoms with van der Waals surface area (Å²) >= 11 is 0. The zero-order chi connectivity index (χ0) is 13.3. The average molecular weight is 247 g/mol. The number of nitrogens with zero attached hydrogens (tertiary/aromatic N) is 2. The van der Waals surface area contributed by atoms with Gasteiger partial charge in [0.05, 0.1) is 6.04 Å². The third kappa shape index (κ3) is 2.34. The molecule has 2 rings (SSSR count). The maximum absolute atomic E-state index is 12.2. The number of benzene rings is 1. The molecule has 0 saturated carbocycles. The van der Waals surface area contributed by atoms with Crippen molar-refractivity contribution in [1.82, 2.24) is 4.90 Å². The lowest BCUT2D eigenvalue weighted by atomic mass is 10.1. The second kappa shape index (κ2) is 4.98. The number of fused-ring (bicyclic) bond motifs is 1. The standard InChI is InChI=1S/C14H21N3O/c1-10-8-16(3)13-7-5-4-6-12(13)9-17(10)14(18)11(2)15/h4-7,10-11H,8-9,15H2,1-3H3/t10-,11-/m0/s1. The van der Waals surface area contributed by atoms with Gasteiger partial charge in [-0.3, -0.25) is 4.79 Å². The highest BCUT2D eigenvalue weighted by atomic mass is 16.2. The first-order valence-electron chi connectivity index (χ1n) is 6.36. The normalized spacial score (nSPS) is 21.2. The summed E-state index contributed by atoms with van der Waals surface area (Å²) in [5.74, 6) is 0.0209. The smallest absolute Gasteiger partial charge is 0.239 e. The van der Waals surface area contributed by atoms with Gasteiger partial charge in [0, 0.05) is 31.9 Å². The topological polar surface area (TPSA) is 49.6 Å². The predicted octanol–water partition coefficient (Wildman–Crippen LogP) is 1.20. The Morgan fingerprint density at radius 1 is 1.44 bits per heavy atom. The number of nitrogens with two attached hydrogens (primary N) is 1. The minimum atomic E-state index is -0.442. The Labute approximate surface area is 108 Å². The molecule has 0 fully saturated rings. The lowest BCUT2D eigenvalue weighted by Crippen LogP contribution is -2.48. The molecule has 0 bridgehead atoms. The molecule has 1 aliphatic heterocycles. The molecule has 1 aliphatic rings. The Bertz CT molecular complexity index is 444. The molecular weight excluding hydrogens is 226 g/mol. The van der Waals surface area contributed by atoms with Gasteiger partial charge in [-0.15, -0.1) is 0 Å². The Balaban J connectivity index is 2.34. The van der Waals surface area contributed by atoms with Crippen LogP contribution in [-0.2, 0) is 11.3 Å². The molecule has 2 N–H and O–H groups in total. The van der Waals surface area contributed by atoms with E-state index in [1.165, 1.54) is 11.3 Å². The fourth-order valence-corrected chi connectivity index (χ4v) is 2.51. The molecule has 1 heterocycles. The van der Waals surface area contributed by atoms with Gasteiger partial charge in [-0.25, -0.2) is 0 Å². The molecule has 0 radical (unpaired) electrons. The van der Waals surface area contributed by atoms with Crippen molar-refractivity contribution in [2.75, 3.05) is 18.5 Å². The third-order valence-electron chi connectivity index (χ3n) is 3.49. The van der Waals surface area contributed by atoms with Gasteiger partial charge in [0.1, 0.15) is 0 Å². The van der Waals surface area contributed by atoms with Crippen molar-refractivity contribution in [1.29, 1.82) is 0 Å². The van der Waals surface area contributed by atoms with Crippen molar-refractivity contribution in [3.05, 3.63) is 29.8 Å². The van der Waals surface area contributed by atoms with Gasteiger partial charge in [-0.05, 0) is 25.5 Å². The molecule has 0 saturated heterocycles. The third-order valence-corrected chi connectivity index (χ3v) is 3.49. The van der Waals surface area contributed by atoms with Crippen LogP contribution in [0.15, 0.2) is 24.3 Å². The predicted molar refractivity (Wildman–Crippen MR) is 73.4 cm³/mol. The summed E-state index contributed by atoms with van der Waals surface area (Å²) in [5, 5.41) is 0. The van der Waals surface area contributed by atoms with E-state index in [0.29, 0.717) is 6.54 Å². The van der Waals surface area contributed by atoms with Gasteiger partial charge >= 0.3 is 0 Å². The van der Waals surface area contributed by atoms with E-state index in [0.717, 1.165) is 6.54 Å². The first-order valence-corrected chi connectivity index (χ1v) is 6.36.